The number of rotatable bonds is 1. The Bertz CT molecular complexity index is 605. The molecule has 104 valence electrons. The molecule has 0 saturated heterocycles. The zero-order chi connectivity index (χ0) is 14.2. The Kier molecular flexibility index (Phi) is 3.22. The van der Waals surface area contributed by atoms with E-state index in [9.17, 15) is 13.2 Å². The normalized spacial score (nSPS) is 18.6. The van der Waals surface area contributed by atoms with Gasteiger partial charge in [-0.2, -0.15) is 13.2 Å². The zero-order valence-corrected chi connectivity index (χ0v) is 10.6. The van der Waals surface area contributed by atoms with Gasteiger partial charge >= 0.3 is 6.18 Å². The van der Waals surface area contributed by atoms with Crippen LogP contribution in [-0.2, 0) is 12.6 Å². The summed E-state index contributed by atoms with van der Waals surface area (Å²) < 4.78 is 37.7. The van der Waals surface area contributed by atoms with Crippen molar-refractivity contribution in [2.75, 3.05) is 6.54 Å². The van der Waals surface area contributed by atoms with Crippen LogP contribution in [0, 0.1) is 0 Å². The van der Waals surface area contributed by atoms with E-state index in [0.29, 0.717) is 0 Å². The van der Waals surface area contributed by atoms with Gasteiger partial charge in [-0.25, -0.2) is 0 Å². The lowest BCUT2D eigenvalue weighted by molar-refractivity contribution is -0.137. The zero-order valence-electron chi connectivity index (χ0n) is 10.6. The maximum atomic E-state index is 12.6. The number of alkyl halides is 3. The van der Waals surface area contributed by atoms with Crippen LogP contribution in [0.3, 0.4) is 0 Å². The summed E-state index contributed by atoms with van der Waals surface area (Å²) in [4.78, 5) is 4.10. The number of pyridine rings is 1. The highest BCUT2D eigenvalue weighted by Crippen LogP contribution is 2.32. The number of hydrogen-bond acceptors (Lipinski definition) is 2. The van der Waals surface area contributed by atoms with Gasteiger partial charge in [0.15, 0.2) is 0 Å². The molecule has 1 aromatic carbocycles. The average Bonchev–Trinajstić information content (AvgIpc) is 2.46. The maximum absolute atomic E-state index is 12.6. The van der Waals surface area contributed by atoms with E-state index in [4.69, 9.17) is 0 Å². The summed E-state index contributed by atoms with van der Waals surface area (Å²) in [6.45, 7) is 0.796. The molecule has 0 radical (unpaired) electrons. The molecule has 2 heterocycles. The van der Waals surface area contributed by atoms with Crippen LogP contribution in [-0.4, -0.2) is 11.5 Å². The fraction of sp³-hybridized carbons (Fsp3) is 0.267. The van der Waals surface area contributed by atoms with E-state index < -0.39 is 11.7 Å². The van der Waals surface area contributed by atoms with Crippen molar-refractivity contribution < 1.29 is 13.2 Å². The first-order valence-electron chi connectivity index (χ1n) is 6.39. The molecule has 1 aliphatic heterocycles. The Morgan fingerprint density at radius 2 is 1.85 bits per heavy atom. The van der Waals surface area contributed by atoms with E-state index in [2.05, 4.69) is 10.3 Å². The van der Waals surface area contributed by atoms with Crippen molar-refractivity contribution in [1.82, 2.24) is 10.3 Å². The van der Waals surface area contributed by atoms with Crippen LogP contribution in [0.15, 0.2) is 42.7 Å². The standard InChI is InChI=1S/C15H13F3N2/c16-15(17,18)12-3-1-10(2-4-12)14-13-6-7-19-9-11(13)5-8-20-14/h1-4,6-7,9,14,20H,5,8H2. The molecular weight excluding hydrogens is 265 g/mol. The smallest absolute Gasteiger partial charge is 0.306 e. The predicted octanol–water partition coefficient (Wildman–Crippen LogP) is 3.34. The second kappa shape index (κ2) is 4.90. The second-order valence-electron chi connectivity index (χ2n) is 4.83. The van der Waals surface area contributed by atoms with Crippen LogP contribution in [0.4, 0.5) is 13.2 Å². The summed E-state index contributed by atoms with van der Waals surface area (Å²) in [6, 6.07) is 7.19. The minimum Gasteiger partial charge on any atom is -0.306 e. The molecular formula is C15H13F3N2. The second-order valence-corrected chi connectivity index (χ2v) is 4.83. The molecule has 5 heteroatoms. The Balaban J connectivity index is 1.95. The number of aromatic nitrogens is 1. The summed E-state index contributed by atoms with van der Waals surface area (Å²) in [6.07, 6.45) is 0.136. The van der Waals surface area contributed by atoms with Crippen molar-refractivity contribution in [2.24, 2.45) is 0 Å². The third kappa shape index (κ3) is 2.41. The number of benzene rings is 1. The Hall–Kier alpha value is -1.88. The fourth-order valence-corrected chi connectivity index (χ4v) is 2.55. The number of nitrogens with one attached hydrogen (secondary N) is 1. The molecule has 3 rings (SSSR count). The van der Waals surface area contributed by atoms with Crippen LogP contribution in [0.5, 0.6) is 0 Å². The molecule has 0 saturated carbocycles. The number of fused-ring (bicyclic) bond motifs is 1. The molecule has 0 aliphatic carbocycles. The lowest BCUT2D eigenvalue weighted by Gasteiger charge is -2.27. The fourth-order valence-electron chi connectivity index (χ4n) is 2.55. The molecule has 1 aromatic heterocycles. The van der Waals surface area contributed by atoms with Crippen molar-refractivity contribution in [3.05, 3.63) is 65.0 Å². The third-order valence-corrected chi connectivity index (χ3v) is 3.57. The minimum atomic E-state index is -4.29. The molecule has 0 amide bonds. The molecule has 0 spiro atoms. The molecule has 2 nitrogen and oxygen atoms in total. The molecule has 1 unspecified atom stereocenters. The van der Waals surface area contributed by atoms with E-state index in [1.54, 1.807) is 6.20 Å². The maximum Gasteiger partial charge on any atom is 0.416 e. The van der Waals surface area contributed by atoms with Crippen molar-refractivity contribution in [1.29, 1.82) is 0 Å². The Morgan fingerprint density at radius 3 is 2.55 bits per heavy atom. The van der Waals surface area contributed by atoms with Crippen LogP contribution < -0.4 is 5.32 Å². The first kappa shape index (κ1) is 13.1. The largest absolute Gasteiger partial charge is 0.416 e. The molecule has 20 heavy (non-hydrogen) atoms. The van der Waals surface area contributed by atoms with Gasteiger partial charge < -0.3 is 5.32 Å². The molecule has 1 atom stereocenters. The minimum absolute atomic E-state index is 0.0657. The van der Waals surface area contributed by atoms with Gasteiger partial charge in [-0.05, 0) is 41.3 Å². The lowest BCUT2D eigenvalue weighted by Crippen LogP contribution is -2.30. The van der Waals surface area contributed by atoms with Gasteiger partial charge in [0.25, 0.3) is 0 Å². The predicted molar refractivity (Wildman–Crippen MR) is 69.2 cm³/mol. The van der Waals surface area contributed by atoms with Crippen molar-refractivity contribution in [3.8, 4) is 0 Å². The number of nitrogens with zero attached hydrogens (tertiary/aromatic N) is 1. The van der Waals surface area contributed by atoms with Crippen molar-refractivity contribution in [2.45, 2.75) is 18.6 Å². The van der Waals surface area contributed by atoms with E-state index in [0.717, 1.165) is 41.8 Å². The highest BCUT2D eigenvalue weighted by atomic mass is 19.4. The highest BCUT2D eigenvalue weighted by Gasteiger charge is 2.30. The number of hydrogen-bond donors (Lipinski definition) is 1. The molecule has 1 aliphatic rings. The SMILES string of the molecule is FC(F)(F)c1ccc(C2NCCc3cnccc32)cc1. The summed E-state index contributed by atoms with van der Waals surface area (Å²) in [7, 11) is 0. The molecule has 0 fully saturated rings. The molecule has 1 N–H and O–H groups in total. The van der Waals surface area contributed by atoms with E-state index >= 15 is 0 Å². The summed E-state index contributed by atoms with van der Waals surface area (Å²) >= 11 is 0. The van der Waals surface area contributed by atoms with Crippen LogP contribution >= 0.6 is 0 Å². The first-order chi connectivity index (χ1) is 9.55. The Morgan fingerprint density at radius 1 is 1.10 bits per heavy atom. The van der Waals surface area contributed by atoms with Crippen LogP contribution in [0.1, 0.15) is 28.3 Å². The van der Waals surface area contributed by atoms with E-state index in [-0.39, 0.29) is 6.04 Å². The van der Waals surface area contributed by atoms with Crippen molar-refractivity contribution >= 4 is 0 Å². The number of halogens is 3. The van der Waals surface area contributed by atoms with Gasteiger partial charge in [-0.15, -0.1) is 0 Å². The summed E-state index contributed by atoms with van der Waals surface area (Å²) in [5.74, 6) is 0. The topological polar surface area (TPSA) is 24.9 Å². The average molecular weight is 278 g/mol. The molecule has 0 bridgehead atoms. The summed E-state index contributed by atoms with van der Waals surface area (Å²) in [5.41, 5.74) is 2.46. The van der Waals surface area contributed by atoms with E-state index in [1.807, 2.05) is 12.3 Å². The highest BCUT2D eigenvalue weighted by molar-refractivity contribution is 5.39. The van der Waals surface area contributed by atoms with Gasteiger partial charge in [0.05, 0.1) is 11.6 Å². The van der Waals surface area contributed by atoms with Crippen LogP contribution in [0.25, 0.3) is 0 Å². The van der Waals surface area contributed by atoms with Crippen molar-refractivity contribution in [3.63, 3.8) is 0 Å². The van der Waals surface area contributed by atoms with Gasteiger partial charge in [0.2, 0.25) is 0 Å². The monoisotopic (exact) mass is 278 g/mol. The quantitative estimate of drug-likeness (QED) is 0.865. The Labute approximate surface area is 114 Å². The van der Waals surface area contributed by atoms with Gasteiger partial charge in [-0.1, -0.05) is 12.1 Å². The first-order valence-corrected chi connectivity index (χ1v) is 6.39. The lowest BCUT2D eigenvalue weighted by atomic mass is 9.91. The van der Waals surface area contributed by atoms with Crippen LogP contribution in [0.2, 0.25) is 0 Å². The van der Waals surface area contributed by atoms with Gasteiger partial charge in [-0.3, -0.25) is 4.98 Å². The van der Waals surface area contributed by atoms with Gasteiger partial charge in [0, 0.05) is 18.9 Å². The summed E-state index contributed by atoms with van der Waals surface area (Å²) in [5, 5.41) is 3.34. The molecule has 2 aromatic rings. The van der Waals surface area contributed by atoms with E-state index in [1.165, 1.54) is 12.1 Å². The van der Waals surface area contributed by atoms with Gasteiger partial charge in [0.1, 0.15) is 0 Å². The third-order valence-electron chi connectivity index (χ3n) is 3.57.